The summed E-state index contributed by atoms with van der Waals surface area (Å²) in [5.41, 5.74) is 6.00. The lowest BCUT2D eigenvalue weighted by Gasteiger charge is -2.12. The first-order valence-electron chi connectivity index (χ1n) is 5.75. The van der Waals surface area contributed by atoms with E-state index in [9.17, 15) is 12.8 Å². The number of hydrogen-bond donors (Lipinski definition) is 2. The maximum absolute atomic E-state index is 13.1. The highest BCUT2D eigenvalue weighted by Gasteiger charge is 2.20. The van der Waals surface area contributed by atoms with Crippen LogP contribution >= 0.6 is 11.6 Å². The Labute approximate surface area is 126 Å². The van der Waals surface area contributed by atoms with Gasteiger partial charge in [-0.3, -0.25) is 4.72 Å². The van der Waals surface area contributed by atoms with Crippen LogP contribution in [-0.2, 0) is 10.0 Å². The minimum Gasteiger partial charge on any atom is -0.495 e. The van der Waals surface area contributed by atoms with Gasteiger partial charge in [0.05, 0.1) is 17.8 Å². The van der Waals surface area contributed by atoms with Crippen molar-refractivity contribution in [1.29, 1.82) is 0 Å². The Morgan fingerprint density at radius 1 is 1.24 bits per heavy atom. The van der Waals surface area contributed by atoms with Gasteiger partial charge in [-0.25, -0.2) is 12.8 Å². The third-order valence-corrected chi connectivity index (χ3v) is 4.34. The van der Waals surface area contributed by atoms with E-state index in [1.165, 1.54) is 37.4 Å². The second kappa shape index (κ2) is 5.79. The third kappa shape index (κ3) is 3.37. The first kappa shape index (κ1) is 15.4. The van der Waals surface area contributed by atoms with E-state index in [1.807, 2.05) is 0 Å². The average Bonchev–Trinajstić information content (AvgIpc) is 2.42. The van der Waals surface area contributed by atoms with Gasteiger partial charge in [-0.15, -0.1) is 0 Å². The van der Waals surface area contributed by atoms with Crippen LogP contribution in [0.25, 0.3) is 0 Å². The molecule has 0 saturated carbocycles. The fourth-order valence-electron chi connectivity index (χ4n) is 1.67. The van der Waals surface area contributed by atoms with Crippen molar-refractivity contribution in [2.75, 3.05) is 17.6 Å². The Balaban J connectivity index is 2.42. The minimum absolute atomic E-state index is 0.120. The minimum atomic E-state index is -3.94. The standard InChI is InChI=1S/C13H12ClFN2O3S/c1-20-12-5-2-8(16)6-13(12)21(18,19)17-9-3-4-11(15)10(14)7-9/h2-7,17H,16H2,1H3. The molecule has 0 heterocycles. The molecule has 0 spiro atoms. The molecule has 0 unspecified atom stereocenters. The van der Waals surface area contributed by atoms with Gasteiger partial charge in [-0.1, -0.05) is 11.6 Å². The molecule has 2 rings (SSSR count). The van der Waals surface area contributed by atoms with Crippen molar-refractivity contribution in [3.05, 3.63) is 47.2 Å². The smallest absolute Gasteiger partial charge is 0.265 e. The lowest BCUT2D eigenvalue weighted by Crippen LogP contribution is -2.14. The van der Waals surface area contributed by atoms with Crippen LogP contribution < -0.4 is 15.2 Å². The summed E-state index contributed by atoms with van der Waals surface area (Å²) in [7, 11) is -2.60. The van der Waals surface area contributed by atoms with E-state index in [4.69, 9.17) is 22.1 Å². The van der Waals surface area contributed by atoms with Crippen molar-refractivity contribution in [1.82, 2.24) is 0 Å². The Kier molecular flexibility index (Phi) is 4.24. The van der Waals surface area contributed by atoms with Gasteiger partial charge in [0.2, 0.25) is 0 Å². The van der Waals surface area contributed by atoms with Crippen LogP contribution in [0, 0.1) is 5.82 Å². The van der Waals surface area contributed by atoms with Gasteiger partial charge >= 0.3 is 0 Å². The zero-order valence-electron chi connectivity index (χ0n) is 10.9. The average molecular weight is 331 g/mol. The van der Waals surface area contributed by atoms with Crippen LogP contribution in [0.15, 0.2) is 41.3 Å². The summed E-state index contributed by atoms with van der Waals surface area (Å²) < 4.78 is 45.1. The summed E-state index contributed by atoms with van der Waals surface area (Å²) in [6, 6.07) is 7.74. The number of nitrogens with two attached hydrogens (primary N) is 1. The molecule has 5 nitrogen and oxygen atoms in total. The van der Waals surface area contributed by atoms with Gasteiger partial charge in [0.15, 0.2) is 0 Å². The van der Waals surface area contributed by atoms with E-state index in [2.05, 4.69) is 4.72 Å². The molecule has 3 N–H and O–H groups in total. The molecule has 0 aromatic heterocycles. The zero-order valence-corrected chi connectivity index (χ0v) is 12.5. The van der Waals surface area contributed by atoms with E-state index >= 15 is 0 Å². The molecule has 21 heavy (non-hydrogen) atoms. The number of anilines is 2. The number of nitrogen functional groups attached to an aromatic ring is 1. The maximum atomic E-state index is 13.1. The highest BCUT2D eigenvalue weighted by Crippen LogP contribution is 2.28. The summed E-state index contributed by atoms with van der Waals surface area (Å²) in [5.74, 6) is -0.494. The summed E-state index contributed by atoms with van der Waals surface area (Å²) in [4.78, 5) is -0.120. The van der Waals surface area contributed by atoms with Crippen molar-refractivity contribution in [3.63, 3.8) is 0 Å². The quantitative estimate of drug-likeness (QED) is 0.845. The van der Waals surface area contributed by atoms with Crippen LogP contribution in [0.1, 0.15) is 0 Å². The molecule has 2 aromatic carbocycles. The van der Waals surface area contributed by atoms with Gasteiger partial charge < -0.3 is 10.5 Å². The van der Waals surface area contributed by atoms with Crippen LogP contribution in [-0.4, -0.2) is 15.5 Å². The molecular weight excluding hydrogens is 319 g/mol. The number of methoxy groups -OCH3 is 1. The number of halogens is 2. The first-order valence-corrected chi connectivity index (χ1v) is 7.61. The molecule has 0 aliphatic carbocycles. The number of rotatable bonds is 4. The van der Waals surface area contributed by atoms with E-state index < -0.39 is 15.8 Å². The summed E-state index contributed by atoms with van der Waals surface area (Å²) in [6.07, 6.45) is 0. The number of sulfonamides is 1. The largest absolute Gasteiger partial charge is 0.495 e. The summed E-state index contributed by atoms with van der Waals surface area (Å²) in [6.45, 7) is 0. The van der Waals surface area contributed by atoms with E-state index in [1.54, 1.807) is 0 Å². The van der Waals surface area contributed by atoms with E-state index in [0.717, 1.165) is 6.07 Å². The van der Waals surface area contributed by atoms with Crippen LogP contribution in [0.4, 0.5) is 15.8 Å². The van der Waals surface area contributed by atoms with Crippen LogP contribution in [0.2, 0.25) is 5.02 Å². The third-order valence-electron chi connectivity index (χ3n) is 2.65. The predicted octanol–water partition coefficient (Wildman–Crippen LogP) is 2.87. The molecule has 0 bridgehead atoms. The molecule has 0 fully saturated rings. The molecule has 8 heteroatoms. The lowest BCUT2D eigenvalue weighted by molar-refractivity contribution is 0.403. The van der Waals surface area contributed by atoms with Crippen molar-refractivity contribution in [2.24, 2.45) is 0 Å². The molecule has 0 radical (unpaired) electrons. The number of hydrogen-bond acceptors (Lipinski definition) is 4. The Morgan fingerprint density at radius 2 is 1.95 bits per heavy atom. The highest BCUT2D eigenvalue weighted by atomic mass is 35.5. The molecule has 0 aliphatic rings. The Hall–Kier alpha value is -1.99. The molecule has 112 valence electrons. The van der Waals surface area contributed by atoms with Crippen molar-refractivity contribution in [2.45, 2.75) is 4.90 Å². The summed E-state index contributed by atoms with van der Waals surface area (Å²) >= 11 is 5.62. The van der Waals surface area contributed by atoms with E-state index in [-0.39, 0.29) is 27.0 Å². The number of nitrogens with one attached hydrogen (secondary N) is 1. The molecular formula is C13H12ClFN2O3S. The second-order valence-corrected chi connectivity index (χ2v) is 6.20. The monoisotopic (exact) mass is 330 g/mol. The molecule has 0 atom stereocenters. The Bertz CT molecular complexity index is 781. The molecule has 2 aromatic rings. The van der Waals surface area contributed by atoms with Crippen molar-refractivity contribution >= 4 is 33.0 Å². The summed E-state index contributed by atoms with van der Waals surface area (Å²) in [5, 5.41) is -0.185. The van der Waals surface area contributed by atoms with Gasteiger partial charge in [0.1, 0.15) is 16.5 Å². The maximum Gasteiger partial charge on any atom is 0.265 e. The van der Waals surface area contributed by atoms with E-state index in [0.29, 0.717) is 0 Å². The normalized spacial score (nSPS) is 11.2. The van der Waals surface area contributed by atoms with Gasteiger partial charge in [-0.05, 0) is 36.4 Å². The topological polar surface area (TPSA) is 81.4 Å². The highest BCUT2D eigenvalue weighted by molar-refractivity contribution is 7.92. The van der Waals surface area contributed by atoms with Gasteiger partial charge in [-0.2, -0.15) is 0 Å². The lowest BCUT2D eigenvalue weighted by atomic mass is 10.3. The fraction of sp³-hybridized carbons (Fsp3) is 0.0769. The van der Waals surface area contributed by atoms with Gasteiger partial charge in [0, 0.05) is 5.69 Å². The molecule has 0 amide bonds. The van der Waals surface area contributed by atoms with Crippen molar-refractivity contribution in [3.8, 4) is 5.75 Å². The van der Waals surface area contributed by atoms with Gasteiger partial charge in [0.25, 0.3) is 10.0 Å². The van der Waals surface area contributed by atoms with Crippen LogP contribution in [0.5, 0.6) is 5.75 Å². The predicted molar refractivity (Wildman–Crippen MR) is 79.6 cm³/mol. The SMILES string of the molecule is COc1ccc(N)cc1S(=O)(=O)Nc1ccc(F)c(Cl)c1. The zero-order chi connectivity index (χ0) is 15.6. The van der Waals surface area contributed by atoms with Crippen LogP contribution in [0.3, 0.4) is 0 Å². The first-order chi connectivity index (χ1) is 9.83. The molecule has 0 aliphatic heterocycles. The molecule has 0 saturated heterocycles. The second-order valence-electron chi connectivity index (χ2n) is 4.14. The number of ether oxygens (including phenoxy) is 1. The van der Waals surface area contributed by atoms with Crippen molar-refractivity contribution < 1.29 is 17.5 Å². The Morgan fingerprint density at radius 3 is 2.57 bits per heavy atom. The fourth-order valence-corrected chi connectivity index (χ4v) is 3.11. The number of benzene rings is 2.